The van der Waals surface area contributed by atoms with Crippen molar-refractivity contribution >= 4 is 45.7 Å². The summed E-state index contributed by atoms with van der Waals surface area (Å²) >= 11 is 6.21. The molecule has 0 N–H and O–H groups in total. The Morgan fingerprint density at radius 3 is 2.16 bits per heavy atom. The average molecular weight is 350 g/mol. The highest BCUT2D eigenvalue weighted by Crippen LogP contribution is 2.35. The number of ketones is 1. The molecule has 4 rings (SSSR count). The third kappa shape index (κ3) is 2.26. The minimum absolute atomic E-state index is 0.0763. The molecule has 3 aromatic rings. The van der Waals surface area contributed by atoms with Crippen LogP contribution >= 0.6 is 11.6 Å². The fraction of sp³-hybridized carbons (Fsp3) is 0.0500. The highest BCUT2D eigenvalue weighted by atomic mass is 35.5. The van der Waals surface area contributed by atoms with E-state index >= 15 is 0 Å². The van der Waals surface area contributed by atoms with E-state index in [-0.39, 0.29) is 5.78 Å². The van der Waals surface area contributed by atoms with E-state index in [0.29, 0.717) is 38.2 Å². The van der Waals surface area contributed by atoms with Crippen LogP contribution in [0.1, 0.15) is 38.0 Å². The first-order valence-electron chi connectivity index (χ1n) is 7.70. The minimum atomic E-state index is -0.402. The lowest BCUT2D eigenvalue weighted by Crippen LogP contribution is -2.40. The molecule has 0 aromatic heterocycles. The quantitative estimate of drug-likeness (QED) is 0.505. The Kier molecular flexibility index (Phi) is 3.44. The van der Waals surface area contributed by atoms with E-state index < -0.39 is 11.8 Å². The molecule has 0 atom stereocenters. The van der Waals surface area contributed by atoms with Crippen LogP contribution in [-0.2, 0) is 0 Å². The molecule has 0 saturated heterocycles. The maximum atomic E-state index is 12.9. The van der Waals surface area contributed by atoms with Crippen molar-refractivity contribution in [3.63, 3.8) is 0 Å². The van der Waals surface area contributed by atoms with Gasteiger partial charge in [0.1, 0.15) is 0 Å². The lowest BCUT2D eigenvalue weighted by atomic mass is 9.93. The molecule has 0 unspecified atom stereocenters. The number of carbonyl (C=O) groups is 3. The van der Waals surface area contributed by atoms with Gasteiger partial charge >= 0.3 is 0 Å². The first-order chi connectivity index (χ1) is 12.0. The summed E-state index contributed by atoms with van der Waals surface area (Å²) in [5, 5.41) is 1.77. The van der Waals surface area contributed by atoms with Gasteiger partial charge in [0.15, 0.2) is 5.78 Å². The predicted molar refractivity (Wildman–Crippen MR) is 96.5 cm³/mol. The number of amides is 2. The smallest absolute Gasteiger partial charge is 0.265 e. The fourth-order valence-electron chi connectivity index (χ4n) is 3.14. The maximum Gasteiger partial charge on any atom is 0.265 e. The summed E-state index contributed by atoms with van der Waals surface area (Å²) in [5.41, 5.74) is 1.82. The first kappa shape index (κ1) is 15.5. The number of carbonyl (C=O) groups excluding carboxylic acids is 3. The standard InChI is InChI=1S/C20H12ClNO3/c1-11(23)12-5-7-13(8-6-12)22-19(24)15-4-2-3-14-17(21)10-9-16(18(14)15)20(22)25/h2-10H,1H3. The molecule has 122 valence electrons. The average Bonchev–Trinajstić information content (AvgIpc) is 2.61. The molecule has 3 aromatic carbocycles. The zero-order chi connectivity index (χ0) is 17.7. The van der Waals surface area contributed by atoms with E-state index in [9.17, 15) is 14.4 Å². The molecule has 0 spiro atoms. The van der Waals surface area contributed by atoms with Gasteiger partial charge in [-0.3, -0.25) is 14.4 Å². The van der Waals surface area contributed by atoms with Crippen molar-refractivity contribution < 1.29 is 14.4 Å². The Morgan fingerprint density at radius 2 is 1.52 bits per heavy atom. The lowest BCUT2D eigenvalue weighted by Gasteiger charge is -2.27. The SMILES string of the molecule is CC(=O)c1ccc(N2C(=O)c3cccc4c(Cl)ccc(c34)C2=O)cc1. The normalized spacial score (nSPS) is 13.4. The molecule has 5 heteroatoms. The van der Waals surface area contributed by atoms with E-state index in [0.717, 1.165) is 4.90 Å². The molecule has 1 heterocycles. The number of benzene rings is 3. The van der Waals surface area contributed by atoms with Crippen LogP contribution in [0.25, 0.3) is 10.8 Å². The zero-order valence-corrected chi connectivity index (χ0v) is 14.0. The third-order valence-electron chi connectivity index (χ3n) is 4.39. The second kappa shape index (κ2) is 5.53. The molecule has 0 bridgehead atoms. The van der Waals surface area contributed by atoms with Gasteiger partial charge in [-0.05, 0) is 49.4 Å². The van der Waals surface area contributed by atoms with Gasteiger partial charge < -0.3 is 0 Å². The largest absolute Gasteiger partial charge is 0.295 e. The van der Waals surface area contributed by atoms with E-state index in [2.05, 4.69) is 0 Å². The van der Waals surface area contributed by atoms with Gasteiger partial charge in [0.05, 0.1) is 5.69 Å². The van der Waals surface area contributed by atoms with Crippen molar-refractivity contribution in [2.24, 2.45) is 0 Å². The van der Waals surface area contributed by atoms with Crippen molar-refractivity contribution in [2.45, 2.75) is 6.92 Å². The van der Waals surface area contributed by atoms with Crippen LogP contribution < -0.4 is 4.90 Å². The molecule has 0 fully saturated rings. The minimum Gasteiger partial charge on any atom is -0.295 e. The van der Waals surface area contributed by atoms with Crippen LogP contribution in [0.2, 0.25) is 5.02 Å². The van der Waals surface area contributed by atoms with E-state index in [1.807, 2.05) is 0 Å². The molecule has 0 aliphatic carbocycles. The molecule has 25 heavy (non-hydrogen) atoms. The number of halogens is 1. The zero-order valence-electron chi connectivity index (χ0n) is 13.2. The molecular weight excluding hydrogens is 338 g/mol. The molecule has 0 radical (unpaired) electrons. The van der Waals surface area contributed by atoms with Gasteiger partial charge in [-0.15, -0.1) is 0 Å². The Balaban J connectivity index is 1.91. The van der Waals surface area contributed by atoms with Crippen LogP contribution in [0.3, 0.4) is 0 Å². The second-order valence-corrected chi connectivity index (χ2v) is 6.28. The van der Waals surface area contributed by atoms with Crippen LogP contribution in [0.5, 0.6) is 0 Å². The van der Waals surface area contributed by atoms with Crippen LogP contribution in [0, 0.1) is 0 Å². The van der Waals surface area contributed by atoms with Crippen LogP contribution in [0.4, 0.5) is 5.69 Å². The Labute approximate surface area is 148 Å². The number of hydrogen-bond acceptors (Lipinski definition) is 3. The lowest BCUT2D eigenvalue weighted by molar-refractivity contribution is 0.0893. The second-order valence-electron chi connectivity index (χ2n) is 5.87. The van der Waals surface area contributed by atoms with Crippen molar-refractivity contribution in [1.29, 1.82) is 0 Å². The van der Waals surface area contributed by atoms with Gasteiger partial charge in [0.25, 0.3) is 11.8 Å². The van der Waals surface area contributed by atoms with Gasteiger partial charge in [0.2, 0.25) is 0 Å². The van der Waals surface area contributed by atoms with E-state index in [1.165, 1.54) is 6.92 Å². The molecule has 1 aliphatic rings. The molecular formula is C20H12ClNO3. The van der Waals surface area contributed by atoms with Gasteiger partial charge in [0, 0.05) is 32.5 Å². The van der Waals surface area contributed by atoms with Crippen molar-refractivity contribution in [2.75, 3.05) is 4.90 Å². The number of imide groups is 1. The van der Waals surface area contributed by atoms with Gasteiger partial charge in [-0.25, -0.2) is 4.90 Å². The summed E-state index contributed by atoms with van der Waals surface area (Å²) in [6.45, 7) is 1.47. The summed E-state index contributed by atoms with van der Waals surface area (Å²) in [7, 11) is 0. The Hall–Kier alpha value is -2.98. The highest BCUT2D eigenvalue weighted by Gasteiger charge is 2.34. The Morgan fingerprint density at radius 1 is 0.880 bits per heavy atom. The summed E-state index contributed by atoms with van der Waals surface area (Å²) in [5.74, 6) is -0.880. The van der Waals surface area contributed by atoms with Crippen molar-refractivity contribution in [1.82, 2.24) is 0 Å². The Bertz CT molecular complexity index is 1050. The highest BCUT2D eigenvalue weighted by molar-refractivity contribution is 6.40. The number of anilines is 1. The van der Waals surface area contributed by atoms with Crippen molar-refractivity contribution in [3.8, 4) is 0 Å². The summed E-state index contributed by atoms with van der Waals surface area (Å²) in [6, 6.07) is 15.0. The first-order valence-corrected chi connectivity index (χ1v) is 8.08. The number of nitrogens with zero attached hydrogens (tertiary/aromatic N) is 1. The van der Waals surface area contributed by atoms with Crippen LogP contribution in [0.15, 0.2) is 54.6 Å². The number of Topliss-reactive ketones (excluding diaryl/α,β-unsaturated/α-hetero) is 1. The number of rotatable bonds is 2. The maximum absolute atomic E-state index is 12.9. The molecule has 1 aliphatic heterocycles. The van der Waals surface area contributed by atoms with Crippen LogP contribution in [-0.4, -0.2) is 17.6 Å². The third-order valence-corrected chi connectivity index (χ3v) is 4.72. The van der Waals surface area contributed by atoms with Gasteiger partial charge in [-0.1, -0.05) is 23.7 Å². The fourth-order valence-corrected chi connectivity index (χ4v) is 3.36. The summed E-state index contributed by atoms with van der Waals surface area (Å²) in [4.78, 5) is 38.4. The van der Waals surface area contributed by atoms with Gasteiger partial charge in [-0.2, -0.15) is 0 Å². The summed E-state index contributed by atoms with van der Waals surface area (Å²) < 4.78 is 0. The predicted octanol–water partition coefficient (Wildman–Crippen LogP) is 4.50. The molecule has 4 nitrogen and oxygen atoms in total. The van der Waals surface area contributed by atoms with Crippen molar-refractivity contribution in [3.05, 3.63) is 76.3 Å². The van der Waals surface area contributed by atoms with E-state index in [1.54, 1.807) is 54.6 Å². The summed E-state index contributed by atoms with van der Waals surface area (Å²) in [6.07, 6.45) is 0. The topological polar surface area (TPSA) is 54.5 Å². The molecule has 2 amide bonds. The molecule has 0 saturated carbocycles. The number of hydrogen-bond donors (Lipinski definition) is 0. The monoisotopic (exact) mass is 349 g/mol. The van der Waals surface area contributed by atoms with E-state index in [4.69, 9.17) is 11.6 Å².